The first-order chi connectivity index (χ1) is 10.5. The van der Waals surface area contributed by atoms with E-state index < -0.39 is 0 Å². The van der Waals surface area contributed by atoms with Crippen LogP contribution >= 0.6 is 11.6 Å². The summed E-state index contributed by atoms with van der Waals surface area (Å²) in [7, 11) is 1.79. The molecule has 0 aliphatic heterocycles. The number of hydrogen-bond acceptors (Lipinski definition) is 2. The Balaban J connectivity index is 1.76. The van der Waals surface area contributed by atoms with Gasteiger partial charge in [-0.3, -0.25) is 4.79 Å². The van der Waals surface area contributed by atoms with E-state index in [9.17, 15) is 4.79 Å². The van der Waals surface area contributed by atoms with Gasteiger partial charge in [0.15, 0.2) is 0 Å². The van der Waals surface area contributed by atoms with Gasteiger partial charge in [-0.2, -0.15) is 0 Å². The zero-order valence-corrected chi connectivity index (χ0v) is 13.6. The molecule has 0 radical (unpaired) electrons. The Labute approximate surface area is 136 Å². The predicted octanol–water partition coefficient (Wildman–Crippen LogP) is 3.73. The molecule has 0 saturated heterocycles. The van der Waals surface area contributed by atoms with Gasteiger partial charge in [0.05, 0.1) is 13.0 Å². The Bertz CT molecular complexity index is 608. The summed E-state index contributed by atoms with van der Waals surface area (Å²) in [6.45, 7) is 3.07. The second-order valence-electron chi connectivity index (χ2n) is 5.28. The van der Waals surface area contributed by atoms with Crippen LogP contribution in [-0.4, -0.2) is 31.0 Å². The highest BCUT2D eigenvalue weighted by Crippen LogP contribution is 2.12. The van der Waals surface area contributed by atoms with Crippen LogP contribution in [0, 0.1) is 6.92 Å². The van der Waals surface area contributed by atoms with Crippen molar-refractivity contribution in [2.24, 2.45) is 0 Å². The molecule has 2 aromatic carbocycles. The monoisotopic (exact) mass is 317 g/mol. The third-order valence-electron chi connectivity index (χ3n) is 3.41. The third-order valence-corrected chi connectivity index (χ3v) is 3.66. The lowest BCUT2D eigenvalue weighted by Gasteiger charge is -2.17. The fraction of sp³-hybridized carbons (Fsp3) is 0.278. The van der Waals surface area contributed by atoms with Gasteiger partial charge in [0, 0.05) is 12.1 Å². The number of carbonyl (C=O) groups is 1. The molecule has 0 fully saturated rings. The number of aryl methyl sites for hydroxylation is 1. The molecule has 116 valence electrons. The normalized spacial score (nSPS) is 10.3. The van der Waals surface area contributed by atoms with E-state index in [2.05, 4.69) is 0 Å². The van der Waals surface area contributed by atoms with Gasteiger partial charge < -0.3 is 9.64 Å². The van der Waals surface area contributed by atoms with Crippen molar-refractivity contribution < 1.29 is 9.53 Å². The number of ether oxygens (including phenoxy) is 1. The Morgan fingerprint density at radius 3 is 2.36 bits per heavy atom. The van der Waals surface area contributed by atoms with Crippen LogP contribution in [0.1, 0.15) is 11.1 Å². The molecule has 2 aromatic rings. The third kappa shape index (κ3) is 5.08. The van der Waals surface area contributed by atoms with Crippen LogP contribution in [0.4, 0.5) is 0 Å². The van der Waals surface area contributed by atoms with Gasteiger partial charge >= 0.3 is 0 Å². The van der Waals surface area contributed by atoms with Crippen LogP contribution in [0.3, 0.4) is 0 Å². The summed E-state index contributed by atoms with van der Waals surface area (Å²) in [5.41, 5.74) is 2.16. The van der Waals surface area contributed by atoms with E-state index in [1.165, 1.54) is 5.56 Å². The Morgan fingerprint density at radius 2 is 1.73 bits per heavy atom. The Kier molecular flexibility index (Phi) is 5.84. The van der Waals surface area contributed by atoms with E-state index in [0.29, 0.717) is 24.6 Å². The summed E-state index contributed by atoms with van der Waals surface area (Å²) in [6, 6.07) is 15.2. The van der Waals surface area contributed by atoms with Gasteiger partial charge in [-0.25, -0.2) is 0 Å². The molecule has 0 spiro atoms. The van der Waals surface area contributed by atoms with Crippen molar-refractivity contribution in [3.63, 3.8) is 0 Å². The smallest absolute Gasteiger partial charge is 0.226 e. The number of benzene rings is 2. The molecule has 0 heterocycles. The lowest BCUT2D eigenvalue weighted by molar-refractivity contribution is -0.129. The molecule has 22 heavy (non-hydrogen) atoms. The average Bonchev–Trinajstić information content (AvgIpc) is 2.51. The fourth-order valence-electron chi connectivity index (χ4n) is 1.97. The maximum Gasteiger partial charge on any atom is 0.226 e. The number of amides is 1. The Hall–Kier alpha value is -2.00. The molecular formula is C18H20ClNO2. The summed E-state index contributed by atoms with van der Waals surface area (Å²) < 4.78 is 5.64. The molecule has 0 N–H and O–H groups in total. The van der Waals surface area contributed by atoms with Gasteiger partial charge in [-0.1, -0.05) is 41.4 Å². The van der Waals surface area contributed by atoms with E-state index >= 15 is 0 Å². The van der Waals surface area contributed by atoms with Crippen LogP contribution in [-0.2, 0) is 11.2 Å². The maximum absolute atomic E-state index is 12.1. The number of likely N-dealkylation sites (N-methyl/N-ethyl adjacent to an activating group) is 1. The highest BCUT2D eigenvalue weighted by atomic mass is 35.5. The van der Waals surface area contributed by atoms with Crippen LogP contribution in [0.25, 0.3) is 0 Å². The largest absolute Gasteiger partial charge is 0.492 e. The van der Waals surface area contributed by atoms with Gasteiger partial charge in [-0.05, 0) is 36.8 Å². The maximum atomic E-state index is 12.1. The van der Waals surface area contributed by atoms with E-state index in [1.807, 2.05) is 43.3 Å². The van der Waals surface area contributed by atoms with E-state index in [4.69, 9.17) is 16.3 Å². The summed E-state index contributed by atoms with van der Waals surface area (Å²) in [5.74, 6) is 0.888. The highest BCUT2D eigenvalue weighted by Gasteiger charge is 2.09. The van der Waals surface area contributed by atoms with E-state index in [0.717, 1.165) is 11.3 Å². The first kappa shape index (κ1) is 16.4. The van der Waals surface area contributed by atoms with Crippen LogP contribution in [0.5, 0.6) is 5.75 Å². The summed E-state index contributed by atoms with van der Waals surface area (Å²) >= 11 is 5.84. The number of nitrogens with zero attached hydrogens (tertiary/aromatic N) is 1. The molecule has 0 bridgehead atoms. The molecule has 4 heteroatoms. The predicted molar refractivity (Wildman–Crippen MR) is 89.5 cm³/mol. The zero-order chi connectivity index (χ0) is 15.9. The number of halogens is 1. The van der Waals surface area contributed by atoms with Crippen molar-refractivity contribution in [2.75, 3.05) is 20.2 Å². The van der Waals surface area contributed by atoms with Gasteiger partial charge in [0.25, 0.3) is 0 Å². The lowest BCUT2D eigenvalue weighted by atomic mass is 10.1. The van der Waals surface area contributed by atoms with Gasteiger partial charge in [0.2, 0.25) is 5.91 Å². The minimum atomic E-state index is 0.0647. The minimum absolute atomic E-state index is 0.0647. The van der Waals surface area contributed by atoms with Crippen molar-refractivity contribution in [1.29, 1.82) is 0 Å². The molecule has 2 rings (SSSR count). The molecule has 3 nitrogen and oxygen atoms in total. The fourth-order valence-corrected chi connectivity index (χ4v) is 2.10. The number of rotatable bonds is 6. The summed E-state index contributed by atoms with van der Waals surface area (Å²) in [4.78, 5) is 13.8. The van der Waals surface area contributed by atoms with Crippen LogP contribution in [0.2, 0.25) is 5.02 Å². The lowest BCUT2D eigenvalue weighted by Crippen LogP contribution is -2.32. The van der Waals surface area contributed by atoms with E-state index in [1.54, 1.807) is 24.1 Å². The standard InChI is InChI=1S/C18H20ClNO2/c1-14-3-9-17(10-4-14)22-12-11-20(2)18(21)13-15-5-7-16(19)8-6-15/h3-10H,11-13H2,1-2H3. The van der Waals surface area contributed by atoms with Gasteiger partial charge in [-0.15, -0.1) is 0 Å². The molecule has 0 atom stereocenters. The molecule has 0 unspecified atom stereocenters. The first-order valence-electron chi connectivity index (χ1n) is 7.22. The minimum Gasteiger partial charge on any atom is -0.492 e. The zero-order valence-electron chi connectivity index (χ0n) is 12.9. The molecule has 1 amide bonds. The number of carbonyl (C=O) groups excluding carboxylic acids is 1. The molecule has 0 saturated carbocycles. The van der Waals surface area contributed by atoms with Crippen LogP contribution in [0.15, 0.2) is 48.5 Å². The number of hydrogen-bond donors (Lipinski definition) is 0. The molecular weight excluding hydrogens is 298 g/mol. The first-order valence-corrected chi connectivity index (χ1v) is 7.60. The van der Waals surface area contributed by atoms with Crippen LogP contribution < -0.4 is 4.74 Å². The summed E-state index contributed by atoms with van der Waals surface area (Å²) in [5, 5.41) is 0.677. The van der Waals surface area contributed by atoms with Crippen molar-refractivity contribution in [1.82, 2.24) is 4.90 Å². The van der Waals surface area contributed by atoms with Crippen molar-refractivity contribution >= 4 is 17.5 Å². The molecule has 0 aliphatic rings. The highest BCUT2D eigenvalue weighted by molar-refractivity contribution is 6.30. The molecule has 0 aliphatic carbocycles. The molecule has 0 aromatic heterocycles. The summed E-state index contributed by atoms with van der Waals surface area (Å²) in [6.07, 6.45) is 0.373. The van der Waals surface area contributed by atoms with Crippen molar-refractivity contribution in [2.45, 2.75) is 13.3 Å². The van der Waals surface area contributed by atoms with Gasteiger partial charge in [0.1, 0.15) is 12.4 Å². The Morgan fingerprint density at radius 1 is 1.09 bits per heavy atom. The topological polar surface area (TPSA) is 29.5 Å². The average molecular weight is 318 g/mol. The quantitative estimate of drug-likeness (QED) is 0.812. The SMILES string of the molecule is Cc1ccc(OCCN(C)C(=O)Cc2ccc(Cl)cc2)cc1. The second-order valence-corrected chi connectivity index (χ2v) is 5.72. The second kappa shape index (κ2) is 7.85. The van der Waals surface area contributed by atoms with E-state index in [-0.39, 0.29) is 5.91 Å². The van der Waals surface area contributed by atoms with Crippen molar-refractivity contribution in [3.8, 4) is 5.75 Å². The van der Waals surface area contributed by atoms with Crippen molar-refractivity contribution in [3.05, 3.63) is 64.7 Å².